The molecule has 2 N–H and O–H groups in total. The Hall–Kier alpha value is -1.26. The molecular formula is C7H12N2O3. The summed E-state index contributed by atoms with van der Waals surface area (Å²) >= 11 is 0. The van der Waals surface area contributed by atoms with Crippen LogP contribution in [0.2, 0.25) is 0 Å². The molecule has 0 bridgehead atoms. The van der Waals surface area contributed by atoms with Crippen LogP contribution in [-0.2, 0) is 9.53 Å². The topological polar surface area (TPSA) is 67.4 Å². The summed E-state index contributed by atoms with van der Waals surface area (Å²) in [4.78, 5) is 21.9. The van der Waals surface area contributed by atoms with Crippen molar-refractivity contribution in [3.05, 3.63) is 0 Å². The van der Waals surface area contributed by atoms with Crippen molar-refractivity contribution in [2.45, 2.75) is 25.4 Å². The lowest BCUT2D eigenvalue weighted by molar-refractivity contribution is -0.143. The Morgan fingerprint density at radius 1 is 1.58 bits per heavy atom. The average molecular weight is 172 g/mol. The van der Waals surface area contributed by atoms with Gasteiger partial charge in [0.25, 0.3) is 0 Å². The first kappa shape index (κ1) is 8.83. The van der Waals surface area contributed by atoms with Crippen LogP contribution >= 0.6 is 0 Å². The van der Waals surface area contributed by atoms with Crippen molar-refractivity contribution in [3.8, 4) is 0 Å². The van der Waals surface area contributed by atoms with Gasteiger partial charge >= 0.3 is 12.0 Å². The molecule has 1 fully saturated rings. The fraction of sp³-hybridized carbons (Fsp3) is 0.714. The van der Waals surface area contributed by atoms with E-state index in [1.54, 1.807) is 0 Å². The number of esters is 1. The molecule has 0 saturated carbocycles. The standard InChI is InChI=1S/C7H12N2O3/c1-3-4-5(6(10)12-2)9-7(11)8-4/h4-5H,3H2,1-2H3,(H2,8,9,11). The molecule has 1 aliphatic heterocycles. The molecule has 68 valence electrons. The average Bonchev–Trinajstić information content (AvgIpc) is 2.45. The molecule has 0 aromatic carbocycles. The maximum absolute atomic E-state index is 11.1. The molecule has 0 aliphatic carbocycles. The monoisotopic (exact) mass is 172 g/mol. The Morgan fingerprint density at radius 3 is 2.75 bits per heavy atom. The van der Waals surface area contributed by atoms with Crippen LogP contribution in [0.25, 0.3) is 0 Å². The molecular weight excluding hydrogens is 160 g/mol. The highest BCUT2D eigenvalue weighted by Gasteiger charge is 2.36. The van der Waals surface area contributed by atoms with Gasteiger partial charge in [-0.15, -0.1) is 0 Å². The molecule has 0 radical (unpaired) electrons. The Kier molecular flexibility index (Phi) is 2.52. The third-order valence-corrected chi connectivity index (χ3v) is 1.90. The van der Waals surface area contributed by atoms with Gasteiger partial charge in [-0.25, -0.2) is 9.59 Å². The number of carbonyl (C=O) groups excluding carboxylic acids is 2. The summed E-state index contributed by atoms with van der Waals surface area (Å²) in [5, 5.41) is 5.10. The van der Waals surface area contributed by atoms with Gasteiger partial charge in [0, 0.05) is 0 Å². The second-order valence-corrected chi connectivity index (χ2v) is 2.63. The summed E-state index contributed by atoms with van der Waals surface area (Å²) in [6.07, 6.45) is 0.707. The van der Waals surface area contributed by atoms with Crippen LogP contribution in [0.5, 0.6) is 0 Å². The third kappa shape index (κ3) is 1.49. The molecule has 5 nitrogen and oxygen atoms in total. The van der Waals surface area contributed by atoms with Crippen molar-refractivity contribution < 1.29 is 14.3 Å². The number of hydrogen-bond acceptors (Lipinski definition) is 3. The SMILES string of the molecule is CCC1NC(=O)NC1C(=O)OC. The van der Waals surface area contributed by atoms with Crippen molar-refractivity contribution >= 4 is 12.0 Å². The summed E-state index contributed by atoms with van der Waals surface area (Å²) < 4.78 is 4.52. The van der Waals surface area contributed by atoms with E-state index in [0.717, 1.165) is 0 Å². The molecule has 1 heterocycles. The Balaban J connectivity index is 2.63. The maximum atomic E-state index is 11.1. The fourth-order valence-corrected chi connectivity index (χ4v) is 1.22. The Morgan fingerprint density at radius 2 is 2.25 bits per heavy atom. The van der Waals surface area contributed by atoms with Gasteiger partial charge in [0.05, 0.1) is 13.2 Å². The van der Waals surface area contributed by atoms with E-state index in [9.17, 15) is 9.59 Å². The van der Waals surface area contributed by atoms with Crippen LogP contribution in [-0.4, -0.2) is 31.2 Å². The lowest BCUT2D eigenvalue weighted by atomic mass is 10.1. The molecule has 2 amide bonds. The van der Waals surface area contributed by atoms with Gasteiger partial charge < -0.3 is 15.4 Å². The minimum absolute atomic E-state index is 0.148. The van der Waals surface area contributed by atoms with Crippen LogP contribution in [0.3, 0.4) is 0 Å². The lowest BCUT2D eigenvalue weighted by Crippen LogP contribution is -2.40. The lowest BCUT2D eigenvalue weighted by Gasteiger charge is -2.13. The van der Waals surface area contributed by atoms with Gasteiger partial charge in [-0.1, -0.05) is 6.92 Å². The van der Waals surface area contributed by atoms with Crippen LogP contribution in [0.15, 0.2) is 0 Å². The van der Waals surface area contributed by atoms with Crippen LogP contribution in [0.1, 0.15) is 13.3 Å². The van der Waals surface area contributed by atoms with Crippen LogP contribution in [0.4, 0.5) is 4.79 Å². The number of hydrogen-bond donors (Lipinski definition) is 2. The van der Waals surface area contributed by atoms with Gasteiger partial charge in [-0.2, -0.15) is 0 Å². The number of methoxy groups -OCH3 is 1. The molecule has 1 saturated heterocycles. The summed E-state index contributed by atoms with van der Waals surface area (Å²) in [5.74, 6) is -0.403. The van der Waals surface area contributed by atoms with E-state index in [0.29, 0.717) is 6.42 Å². The Bertz CT molecular complexity index is 205. The van der Waals surface area contributed by atoms with Gasteiger partial charge in [-0.05, 0) is 6.42 Å². The number of ether oxygens (including phenoxy) is 1. The van der Waals surface area contributed by atoms with Gasteiger partial charge in [0.1, 0.15) is 6.04 Å². The third-order valence-electron chi connectivity index (χ3n) is 1.90. The zero-order valence-corrected chi connectivity index (χ0v) is 7.09. The first-order valence-electron chi connectivity index (χ1n) is 3.84. The first-order chi connectivity index (χ1) is 5.69. The van der Waals surface area contributed by atoms with Crippen molar-refractivity contribution in [2.75, 3.05) is 7.11 Å². The summed E-state index contributed by atoms with van der Waals surface area (Å²) in [5.41, 5.74) is 0. The number of nitrogens with one attached hydrogen (secondary N) is 2. The minimum Gasteiger partial charge on any atom is -0.467 e. The highest BCUT2D eigenvalue weighted by molar-refractivity contribution is 5.88. The zero-order chi connectivity index (χ0) is 9.14. The number of urea groups is 1. The van der Waals surface area contributed by atoms with Crippen molar-refractivity contribution in [1.29, 1.82) is 0 Å². The van der Waals surface area contributed by atoms with E-state index in [4.69, 9.17) is 0 Å². The fourth-order valence-electron chi connectivity index (χ4n) is 1.22. The van der Waals surface area contributed by atoms with Crippen molar-refractivity contribution in [2.24, 2.45) is 0 Å². The van der Waals surface area contributed by atoms with Gasteiger partial charge in [0.2, 0.25) is 0 Å². The second-order valence-electron chi connectivity index (χ2n) is 2.63. The normalized spacial score (nSPS) is 27.7. The van der Waals surface area contributed by atoms with Crippen LogP contribution < -0.4 is 10.6 Å². The molecule has 0 aromatic rings. The highest BCUT2D eigenvalue weighted by Crippen LogP contribution is 2.06. The molecule has 1 rings (SSSR count). The zero-order valence-electron chi connectivity index (χ0n) is 7.09. The number of amides is 2. The van der Waals surface area contributed by atoms with E-state index in [-0.39, 0.29) is 12.1 Å². The summed E-state index contributed by atoms with van der Waals surface area (Å²) in [7, 11) is 1.31. The molecule has 5 heteroatoms. The molecule has 12 heavy (non-hydrogen) atoms. The molecule has 0 aromatic heterocycles. The second kappa shape index (κ2) is 3.42. The summed E-state index contributed by atoms with van der Waals surface area (Å²) in [6, 6.07) is -0.991. The van der Waals surface area contributed by atoms with E-state index in [1.165, 1.54) is 7.11 Å². The summed E-state index contributed by atoms with van der Waals surface area (Å²) in [6.45, 7) is 1.90. The quantitative estimate of drug-likeness (QED) is 0.558. The van der Waals surface area contributed by atoms with E-state index >= 15 is 0 Å². The van der Waals surface area contributed by atoms with Gasteiger partial charge in [0.15, 0.2) is 0 Å². The number of carbonyl (C=O) groups is 2. The van der Waals surface area contributed by atoms with E-state index < -0.39 is 12.0 Å². The number of rotatable bonds is 2. The smallest absolute Gasteiger partial charge is 0.330 e. The van der Waals surface area contributed by atoms with Gasteiger partial charge in [-0.3, -0.25) is 0 Å². The predicted molar refractivity (Wildman–Crippen MR) is 41.6 cm³/mol. The minimum atomic E-state index is -0.535. The Labute approximate surface area is 70.5 Å². The molecule has 1 aliphatic rings. The van der Waals surface area contributed by atoms with Crippen LogP contribution in [0, 0.1) is 0 Å². The van der Waals surface area contributed by atoms with Crippen molar-refractivity contribution in [3.63, 3.8) is 0 Å². The predicted octanol–water partition coefficient (Wildman–Crippen LogP) is -0.381. The first-order valence-corrected chi connectivity index (χ1v) is 3.84. The van der Waals surface area contributed by atoms with E-state index in [2.05, 4.69) is 15.4 Å². The largest absolute Gasteiger partial charge is 0.467 e. The molecule has 2 unspecified atom stereocenters. The maximum Gasteiger partial charge on any atom is 0.330 e. The van der Waals surface area contributed by atoms with Crippen molar-refractivity contribution in [1.82, 2.24) is 10.6 Å². The molecule has 2 atom stereocenters. The molecule has 0 spiro atoms. The highest BCUT2D eigenvalue weighted by atomic mass is 16.5. The van der Waals surface area contributed by atoms with E-state index in [1.807, 2.05) is 6.92 Å².